The summed E-state index contributed by atoms with van der Waals surface area (Å²) in [7, 11) is 0. The van der Waals surface area contributed by atoms with E-state index in [1.165, 1.54) is 19.2 Å². The van der Waals surface area contributed by atoms with Gasteiger partial charge >= 0.3 is 5.97 Å². The molecule has 0 unspecified atom stereocenters. The minimum Gasteiger partial charge on any atom is -0.460 e. The van der Waals surface area contributed by atoms with E-state index < -0.39 is 23.4 Å². The lowest BCUT2D eigenvalue weighted by molar-refractivity contribution is -0.757. The van der Waals surface area contributed by atoms with Crippen molar-refractivity contribution in [3.63, 3.8) is 0 Å². The Hall–Kier alpha value is -2.77. The monoisotopic (exact) mass is 280 g/mol. The molecular formula is C12H12N2O6. The van der Waals surface area contributed by atoms with Crippen LogP contribution >= 0.6 is 0 Å². The highest BCUT2D eigenvalue weighted by Crippen LogP contribution is 2.08. The van der Waals surface area contributed by atoms with Gasteiger partial charge in [-0.1, -0.05) is 6.07 Å². The van der Waals surface area contributed by atoms with E-state index in [9.17, 15) is 19.7 Å². The smallest absolute Gasteiger partial charge is 0.341 e. The number of ether oxygens (including phenoxy) is 1. The van der Waals surface area contributed by atoms with Crippen molar-refractivity contribution in [1.82, 2.24) is 4.98 Å². The molecule has 0 atom stereocenters. The molecule has 106 valence electrons. The zero-order chi connectivity index (χ0) is 15.0. The van der Waals surface area contributed by atoms with Crippen LogP contribution in [0.25, 0.3) is 6.08 Å². The topological polar surface area (TPSA) is 109 Å². The van der Waals surface area contributed by atoms with Crippen molar-refractivity contribution in [2.24, 2.45) is 0 Å². The Morgan fingerprint density at radius 3 is 2.75 bits per heavy atom. The van der Waals surface area contributed by atoms with Gasteiger partial charge < -0.3 is 9.57 Å². The average Bonchev–Trinajstić information content (AvgIpc) is 2.41. The molecule has 1 rings (SSSR count). The van der Waals surface area contributed by atoms with Crippen LogP contribution in [-0.4, -0.2) is 35.0 Å². The maximum Gasteiger partial charge on any atom is 0.341 e. The first-order valence-electron chi connectivity index (χ1n) is 5.58. The molecule has 0 spiro atoms. The second kappa shape index (κ2) is 7.62. The highest BCUT2D eigenvalue weighted by molar-refractivity contribution is 6.19. The zero-order valence-electron chi connectivity index (χ0n) is 10.6. The highest BCUT2D eigenvalue weighted by Gasteiger charge is 2.16. The van der Waals surface area contributed by atoms with Gasteiger partial charge in [0.25, 0.3) is 5.09 Å². The summed E-state index contributed by atoms with van der Waals surface area (Å²) in [6.45, 7) is 0.505. The van der Waals surface area contributed by atoms with Crippen molar-refractivity contribution in [3.05, 3.63) is 45.8 Å². The predicted octanol–water partition coefficient (Wildman–Crippen LogP) is 0.805. The van der Waals surface area contributed by atoms with E-state index in [0.717, 1.165) is 0 Å². The Balaban J connectivity index is 2.67. The van der Waals surface area contributed by atoms with Crippen LogP contribution in [0.4, 0.5) is 0 Å². The van der Waals surface area contributed by atoms with Crippen molar-refractivity contribution in [2.45, 2.75) is 6.92 Å². The minimum atomic E-state index is -0.995. The fourth-order valence-corrected chi connectivity index (χ4v) is 1.26. The summed E-state index contributed by atoms with van der Waals surface area (Å²) in [4.78, 5) is 40.8. The van der Waals surface area contributed by atoms with Gasteiger partial charge in [0.15, 0.2) is 5.78 Å². The van der Waals surface area contributed by atoms with Crippen LogP contribution in [0.5, 0.6) is 0 Å². The number of carbonyl (C=O) groups is 2. The Morgan fingerprint density at radius 1 is 1.45 bits per heavy atom. The number of hydrogen-bond acceptors (Lipinski definition) is 7. The molecule has 0 aliphatic rings. The van der Waals surface area contributed by atoms with E-state index in [2.05, 4.69) is 9.82 Å². The molecular weight excluding hydrogens is 268 g/mol. The van der Waals surface area contributed by atoms with E-state index in [0.29, 0.717) is 5.56 Å². The summed E-state index contributed by atoms with van der Waals surface area (Å²) in [5.74, 6) is -1.35. The van der Waals surface area contributed by atoms with Gasteiger partial charge in [0.05, 0.1) is 0 Å². The molecule has 1 heterocycles. The van der Waals surface area contributed by atoms with Gasteiger partial charge in [0.1, 0.15) is 18.8 Å². The van der Waals surface area contributed by atoms with Crippen LogP contribution in [0, 0.1) is 10.1 Å². The number of esters is 1. The Morgan fingerprint density at radius 2 is 2.20 bits per heavy atom. The Labute approximate surface area is 114 Å². The quantitative estimate of drug-likeness (QED) is 0.138. The molecule has 0 aliphatic carbocycles. The predicted molar refractivity (Wildman–Crippen MR) is 66.8 cm³/mol. The van der Waals surface area contributed by atoms with Gasteiger partial charge in [0, 0.05) is 12.4 Å². The zero-order valence-corrected chi connectivity index (χ0v) is 10.6. The fraction of sp³-hybridized carbons (Fsp3) is 0.250. The molecule has 0 aliphatic heterocycles. The standard InChI is InChI=1S/C12H12N2O6/c1-9(15)11(7-10-3-2-4-13-8-10)12(16)19-5-6-20-14(17)18/h2-4,7-8H,5-6H2,1H3/b11-7+. The summed E-state index contributed by atoms with van der Waals surface area (Å²) in [6.07, 6.45) is 4.37. The normalized spacial score (nSPS) is 10.8. The maximum absolute atomic E-state index is 11.7. The third-order valence-corrected chi connectivity index (χ3v) is 2.11. The van der Waals surface area contributed by atoms with Crippen molar-refractivity contribution in [2.75, 3.05) is 13.2 Å². The maximum atomic E-state index is 11.7. The number of hydrogen-bond donors (Lipinski definition) is 0. The van der Waals surface area contributed by atoms with Gasteiger partial charge in [-0.25, -0.2) is 4.79 Å². The molecule has 0 radical (unpaired) electrons. The first-order chi connectivity index (χ1) is 9.50. The molecule has 0 N–H and O–H groups in total. The SMILES string of the molecule is CC(=O)/C(=C\c1cccnc1)C(=O)OCCO[N+](=O)[O-]. The third kappa shape index (κ3) is 5.25. The third-order valence-electron chi connectivity index (χ3n) is 2.11. The van der Waals surface area contributed by atoms with Crippen LogP contribution in [0.1, 0.15) is 12.5 Å². The molecule has 0 aromatic carbocycles. The summed E-state index contributed by atoms with van der Waals surface area (Å²) in [6, 6.07) is 3.32. The number of nitrogens with zero attached hydrogens (tertiary/aromatic N) is 2. The largest absolute Gasteiger partial charge is 0.460 e. The highest BCUT2D eigenvalue weighted by atomic mass is 17.0. The number of Topliss-reactive ketones (excluding diaryl/α,β-unsaturated/α-hetero) is 1. The number of carbonyl (C=O) groups excluding carboxylic acids is 2. The second-order valence-electron chi connectivity index (χ2n) is 3.59. The fourth-order valence-electron chi connectivity index (χ4n) is 1.26. The van der Waals surface area contributed by atoms with E-state index in [1.54, 1.807) is 18.3 Å². The van der Waals surface area contributed by atoms with Gasteiger partial charge in [-0.15, -0.1) is 10.1 Å². The molecule has 20 heavy (non-hydrogen) atoms. The van der Waals surface area contributed by atoms with Crippen LogP contribution in [-0.2, 0) is 19.2 Å². The molecule has 0 amide bonds. The molecule has 8 nitrogen and oxygen atoms in total. The van der Waals surface area contributed by atoms with Crippen LogP contribution in [0.15, 0.2) is 30.1 Å². The summed E-state index contributed by atoms with van der Waals surface area (Å²) in [5, 5.41) is 8.90. The number of ketones is 1. The molecule has 8 heteroatoms. The first-order valence-corrected chi connectivity index (χ1v) is 5.58. The summed E-state index contributed by atoms with van der Waals surface area (Å²) in [5.41, 5.74) is 0.398. The van der Waals surface area contributed by atoms with Crippen LogP contribution in [0.3, 0.4) is 0 Å². The lowest BCUT2D eigenvalue weighted by atomic mass is 10.1. The molecule has 0 fully saturated rings. The lowest BCUT2D eigenvalue weighted by Crippen LogP contribution is -2.17. The van der Waals surface area contributed by atoms with Gasteiger partial charge in [0.2, 0.25) is 0 Å². The molecule has 0 saturated carbocycles. The Kier molecular flexibility index (Phi) is 5.82. The average molecular weight is 280 g/mol. The lowest BCUT2D eigenvalue weighted by Gasteiger charge is -2.05. The van der Waals surface area contributed by atoms with Crippen molar-refractivity contribution < 1.29 is 24.3 Å². The van der Waals surface area contributed by atoms with E-state index in [4.69, 9.17) is 4.74 Å². The molecule has 0 bridgehead atoms. The first kappa shape index (κ1) is 15.3. The van der Waals surface area contributed by atoms with E-state index in [-0.39, 0.29) is 12.2 Å². The van der Waals surface area contributed by atoms with Gasteiger partial charge in [-0.05, 0) is 24.6 Å². The molecule has 0 saturated heterocycles. The minimum absolute atomic E-state index is 0.167. The molecule has 1 aromatic heterocycles. The van der Waals surface area contributed by atoms with E-state index >= 15 is 0 Å². The van der Waals surface area contributed by atoms with Gasteiger partial charge in [-0.3, -0.25) is 9.78 Å². The number of pyridine rings is 1. The number of aromatic nitrogens is 1. The van der Waals surface area contributed by atoms with Crippen molar-refractivity contribution >= 4 is 17.8 Å². The van der Waals surface area contributed by atoms with Crippen LogP contribution < -0.4 is 0 Å². The van der Waals surface area contributed by atoms with Crippen molar-refractivity contribution in [1.29, 1.82) is 0 Å². The second-order valence-corrected chi connectivity index (χ2v) is 3.59. The van der Waals surface area contributed by atoms with Crippen LogP contribution in [0.2, 0.25) is 0 Å². The Bertz CT molecular complexity index is 526. The van der Waals surface area contributed by atoms with E-state index in [1.807, 2.05) is 0 Å². The van der Waals surface area contributed by atoms with Gasteiger partial charge in [-0.2, -0.15) is 0 Å². The summed E-state index contributed by atoms with van der Waals surface area (Å²) >= 11 is 0. The molecule has 1 aromatic rings. The summed E-state index contributed by atoms with van der Waals surface area (Å²) < 4.78 is 4.71. The number of rotatable bonds is 7. The van der Waals surface area contributed by atoms with Crippen molar-refractivity contribution in [3.8, 4) is 0 Å².